The molecule has 0 aliphatic heterocycles. The number of rotatable bonds is 7. The molecule has 0 radical (unpaired) electrons. The van der Waals surface area contributed by atoms with Crippen molar-refractivity contribution >= 4 is 5.91 Å². The predicted octanol–water partition coefficient (Wildman–Crippen LogP) is 3.55. The van der Waals surface area contributed by atoms with Crippen LogP contribution < -0.4 is 5.32 Å². The summed E-state index contributed by atoms with van der Waals surface area (Å²) in [7, 11) is 0. The fourth-order valence-electron chi connectivity index (χ4n) is 2.41. The Kier molecular flexibility index (Phi) is 5.93. The number of halogens is 1. The molecule has 2 aromatic rings. The van der Waals surface area contributed by atoms with Crippen molar-refractivity contribution in [2.45, 2.75) is 26.8 Å². The van der Waals surface area contributed by atoms with Crippen molar-refractivity contribution in [1.29, 1.82) is 0 Å². The molecular weight excluding hydrogens is 295 g/mol. The lowest BCUT2D eigenvalue weighted by Crippen LogP contribution is -2.38. The number of benzene rings is 1. The summed E-state index contributed by atoms with van der Waals surface area (Å²) >= 11 is 0. The van der Waals surface area contributed by atoms with Crippen LogP contribution in [0.1, 0.15) is 31.3 Å². The number of furan rings is 1. The van der Waals surface area contributed by atoms with E-state index in [-0.39, 0.29) is 17.5 Å². The minimum Gasteiger partial charge on any atom is -0.451 e. The molecule has 5 heteroatoms. The van der Waals surface area contributed by atoms with E-state index in [1.165, 1.54) is 12.1 Å². The predicted molar refractivity (Wildman–Crippen MR) is 88.8 cm³/mol. The van der Waals surface area contributed by atoms with Crippen molar-refractivity contribution in [2.75, 3.05) is 19.6 Å². The van der Waals surface area contributed by atoms with Gasteiger partial charge in [-0.25, -0.2) is 4.39 Å². The van der Waals surface area contributed by atoms with Crippen LogP contribution in [-0.4, -0.2) is 36.5 Å². The third-order valence-electron chi connectivity index (χ3n) is 3.78. The first kappa shape index (κ1) is 17.2. The van der Waals surface area contributed by atoms with Gasteiger partial charge in [-0.1, -0.05) is 6.92 Å². The zero-order valence-corrected chi connectivity index (χ0v) is 13.8. The summed E-state index contributed by atoms with van der Waals surface area (Å²) in [5, 5.41) is 2.86. The molecule has 0 bridgehead atoms. The molecule has 0 aliphatic carbocycles. The monoisotopic (exact) mass is 318 g/mol. The second-order valence-electron chi connectivity index (χ2n) is 5.65. The van der Waals surface area contributed by atoms with Crippen LogP contribution in [0.15, 0.2) is 40.8 Å². The fraction of sp³-hybridized carbons (Fsp3) is 0.389. The minimum atomic E-state index is -0.302. The lowest BCUT2D eigenvalue weighted by Gasteiger charge is -2.24. The second-order valence-corrected chi connectivity index (χ2v) is 5.65. The molecule has 0 unspecified atom stereocenters. The van der Waals surface area contributed by atoms with Crippen LogP contribution in [0.2, 0.25) is 0 Å². The van der Waals surface area contributed by atoms with Crippen LogP contribution in [0, 0.1) is 5.82 Å². The average Bonchev–Trinajstić information content (AvgIpc) is 3.01. The van der Waals surface area contributed by atoms with E-state index in [2.05, 4.69) is 31.0 Å². The first-order chi connectivity index (χ1) is 11.0. The smallest absolute Gasteiger partial charge is 0.287 e. The largest absolute Gasteiger partial charge is 0.451 e. The number of likely N-dealkylation sites (N-methyl/N-ethyl adjacent to an activating group) is 1. The Hall–Kier alpha value is -2.14. The molecule has 0 saturated heterocycles. The lowest BCUT2D eigenvalue weighted by molar-refractivity contribution is 0.0919. The molecule has 0 atom stereocenters. The van der Waals surface area contributed by atoms with Gasteiger partial charge in [-0.3, -0.25) is 9.69 Å². The molecule has 23 heavy (non-hydrogen) atoms. The Bertz CT molecular complexity index is 635. The van der Waals surface area contributed by atoms with E-state index in [1.807, 2.05) is 0 Å². The average molecular weight is 318 g/mol. The van der Waals surface area contributed by atoms with Crippen molar-refractivity contribution in [3.05, 3.63) is 48.0 Å². The topological polar surface area (TPSA) is 45.5 Å². The second kappa shape index (κ2) is 7.92. The van der Waals surface area contributed by atoms with E-state index in [1.54, 1.807) is 24.3 Å². The third kappa shape index (κ3) is 4.66. The third-order valence-corrected chi connectivity index (χ3v) is 3.78. The Morgan fingerprint density at radius 1 is 1.22 bits per heavy atom. The first-order valence-corrected chi connectivity index (χ1v) is 7.89. The van der Waals surface area contributed by atoms with E-state index in [4.69, 9.17) is 4.42 Å². The molecule has 0 aliphatic rings. The SMILES string of the molecule is CCN(CCNC(=O)c1ccc(-c2ccc(F)cc2)o1)C(C)C. The van der Waals surface area contributed by atoms with Crippen molar-refractivity contribution in [2.24, 2.45) is 0 Å². The quantitative estimate of drug-likeness (QED) is 0.849. The Labute approximate surface area is 136 Å². The maximum Gasteiger partial charge on any atom is 0.287 e. The number of nitrogens with zero attached hydrogens (tertiary/aromatic N) is 1. The normalized spacial score (nSPS) is 11.2. The number of hydrogen-bond acceptors (Lipinski definition) is 3. The van der Waals surface area contributed by atoms with Gasteiger partial charge in [0.05, 0.1) is 0 Å². The summed E-state index contributed by atoms with van der Waals surface area (Å²) in [6, 6.07) is 9.77. The van der Waals surface area contributed by atoms with Gasteiger partial charge in [0.15, 0.2) is 5.76 Å². The molecule has 1 amide bonds. The first-order valence-electron chi connectivity index (χ1n) is 7.89. The number of hydrogen-bond donors (Lipinski definition) is 1. The highest BCUT2D eigenvalue weighted by atomic mass is 19.1. The van der Waals surface area contributed by atoms with E-state index in [9.17, 15) is 9.18 Å². The zero-order valence-electron chi connectivity index (χ0n) is 13.8. The van der Waals surface area contributed by atoms with Crippen LogP contribution in [0.3, 0.4) is 0 Å². The molecule has 0 spiro atoms. The maximum absolute atomic E-state index is 12.9. The van der Waals surface area contributed by atoms with Gasteiger partial charge in [0.1, 0.15) is 11.6 Å². The van der Waals surface area contributed by atoms with E-state index >= 15 is 0 Å². The Morgan fingerprint density at radius 2 is 1.91 bits per heavy atom. The lowest BCUT2D eigenvalue weighted by atomic mass is 10.2. The van der Waals surface area contributed by atoms with Gasteiger partial charge in [0.2, 0.25) is 0 Å². The van der Waals surface area contributed by atoms with Gasteiger partial charge in [-0.15, -0.1) is 0 Å². The Balaban J connectivity index is 1.92. The number of carbonyl (C=O) groups is 1. The summed E-state index contributed by atoms with van der Waals surface area (Å²) in [5.41, 5.74) is 0.738. The van der Waals surface area contributed by atoms with Gasteiger partial charge in [0.25, 0.3) is 5.91 Å². The van der Waals surface area contributed by atoms with Crippen LogP contribution in [0.25, 0.3) is 11.3 Å². The molecule has 1 aromatic carbocycles. The standard InChI is InChI=1S/C18H23FN2O2/c1-4-21(13(2)3)12-11-20-18(22)17-10-9-16(23-17)14-5-7-15(19)8-6-14/h5-10,13H,4,11-12H2,1-3H3,(H,20,22). The van der Waals surface area contributed by atoms with Gasteiger partial charge >= 0.3 is 0 Å². The van der Waals surface area contributed by atoms with E-state index in [0.717, 1.165) is 18.7 Å². The minimum absolute atomic E-state index is 0.238. The molecule has 0 fully saturated rings. The van der Waals surface area contributed by atoms with Gasteiger partial charge in [-0.2, -0.15) is 0 Å². The molecule has 1 heterocycles. The number of carbonyl (C=O) groups excluding carboxylic acids is 1. The molecule has 1 aromatic heterocycles. The van der Waals surface area contributed by atoms with Crippen molar-refractivity contribution in [1.82, 2.24) is 10.2 Å². The van der Waals surface area contributed by atoms with E-state index in [0.29, 0.717) is 18.3 Å². The number of nitrogens with one attached hydrogen (secondary N) is 1. The Morgan fingerprint density at radius 3 is 2.52 bits per heavy atom. The molecule has 2 rings (SSSR count). The molecular formula is C18H23FN2O2. The van der Waals surface area contributed by atoms with Crippen LogP contribution in [0.5, 0.6) is 0 Å². The molecule has 0 saturated carbocycles. The van der Waals surface area contributed by atoms with Crippen LogP contribution >= 0.6 is 0 Å². The summed E-state index contributed by atoms with van der Waals surface area (Å²) in [6.45, 7) is 8.68. The van der Waals surface area contributed by atoms with E-state index < -0.39 is 0 Å². The number of amides is 1. The van der Waals surface area contributed by atoms with Crippen LogP contribution in [-0.2, 0) is 0 Å². The highest BCUT2D eigenvalue weighted by Crippen LogP contribution is 2.22. The van der Waals surface area contributed by atoms with Crippen molar-refractivity contribution in [3.63, 3.8) is 0 Å². The fourth-order valence-corrected chi connectivity index (χ4v) is 2.41. The van der Waals surface area contributed by atoms with Gasteiger partial charge in [-0.05, 0) is 56.8 Å². The highest BCUT2D eigenvalue weighted by molar-refractivity contribution is 5.92. The van der Waals surface area contributed by atoms with Crippen molar-refractivity contribution in [3.8, 4) is 11.3 Å². The maximum atomic E-state index is 12.9. The molecule has 124 valence electrons. The zero-order chi connectivity index (χ0) is 16.8. The molecule has 1 N–H and O–H groups in total. The van der Waals surface area contributed by atoms with Gasteiger partial charge in [0, 0.05) is 24.7 Å². The van der Waals surface area contributed by atoms with Crippen LogP contribution in [0.4, 0.5) is 4.39 Å². The molecule has 4 nitrogen and oxygen atoms in total. The summed E-state index contributed by atoms with van der Waals surface area (Å²) in [6.07, 6.45) is 0. The summed E-state index contributed by atoms with van der Waals surface area (Å²) < 4.78 is 18.5. The summed E-state index contributed by atoms with van der Waals surface area (Å²) in [4.78, 5) is 14.4. The van der Waals surface area contributed by atoms with Crippen molar-refractivity contribution < 1.29 is 13.6 Å². The highest BCUT2D eigenvalue weighted by Gasteiger charge is 2.13. The van der Waals surface area contributed by atoms with Gasteiger partial charge < -0.3 is 9.73 Å². The summed E-state index contributed by atoms with van der Waals surface area (Å²) in [5.74, 6) is 0.270.